The Morgan fingerprint density at radius 2 is 2.06 bits per heavy atom. The van der Waals surface area contributed by atoms with E-state index in [1.807, 2.05) is 6.92 Å². The third-order valence-corrected chi connectivity index (χ3v) is 3.06. The highest BCUT2D eigenvalue weighted by molar-refractivity contribution is 7.47. The Kier molecular flexibility index (Phi) is 2.82. The highest BCUT2D eigenvalue weighted by Gasteiger charge is 2.43. The summed E-state index contributed by atoms with van der Waals surface area (Å²) in [5.74, 6) is 1.19. The Morgan fingerprint density at radius 3 is 2.47 bits per heavy atom. The van der Waals surface area contributed by atoms with Crippen LogP contribution in [0.4, 0.5) is 0 Å². The lowest BCUT2D eigenvalue weighted by Gasteiger charge is -2.37. The van der Waals surface area contributed by atoms with Crippen molar-refractivity contribution in [3.8, 4) is 0 Å². The lowest BCUT2D eigenvalue weighted by Crippen LogP contribution is -2.56. The first-order valence-corrected chi connectivity index (χ1v) is 6.23. The van der Waals surface area contributed by atoms with E-state index < -0.39 is 5.79 Å². The summed E-state index contributed by atoms with van der Waals surface area (Å²) in [5.41, 5.74) is 6.06. The first-order chi connectivity index (χ1) is 7.75. The number of rotatable bonds is 2. The van der Waals surface area contributed by atoms with Gasteiger partial charge in [-0.25, -0.2) is 9.98 Å². The molecule has 0 saturated heterocycles. The lowest BCUT2D eigenvalue weighted by atomic mass is 9.94. The molecule has 1 heterocycles. The summed E-state index contributed by atoms with van der Waals surface area (Å²) in [7, 11) is 0. The van der Waals surface area contributed by atoms with Crippen LogP contribution in [0, 0.1) is 11.3 Å². The van der Waals surface area contributed by atoms with E-state index in [1.165, 1.54) is 0 Å². The van der Waals surface area contributed by atoms with Gasteiger partial charge in [0, 0.05) is 11.3 Å². The molecule has 17 heavy (non-hydrogen) atoms. The SMILES string of the molecule is CC(C)(C)C1=NC(C)(N)N(N=S)C(C2CC2)=N1. The van der Waals surface area contributed by atoms with Crippen molar-refractivity contribution in [2.75, 3.05) is 0 Å². The van der Waals surface area contributed by atoms with Crippen molar-refractivity contribution in [2.24, 2.45) is 31.5 Å². The molecule has 1 aliphatic carbocycles. The van der Waals surface area contributed by atoms with Crippen molar-refractivity contribution in [3.05, 3.63) is 0 Å². The Bertz CT molecular complexity index is 401. The molecule has 2 aliphatic rings. The molecule has 0 bridgehead atoms. The van der Waals surface area contributed by atoms with Crippen LogP contribution in [-0.4, -0.2) is 22.5 Å². The molecule has 6 heteroatoms. The molecule has 1 saturated carbocycles. The summed E-state index contributed by atoms with van der Waals surface area (Å²) in [6, 6.07) is 0. The fourth-order valence-electron chi connectivity index (χ4n) is 1.74. The van der Waals surface area contributed by atoms with Crippen LogP contribution < -0.4 is 5.73 Å². The minimum Gasteiger partial charge on any atom is -0.288 e. The average Bonchev–Trinajstić information content (AvgIpc) is 2.96. The van der Waals surface area contributed by atoms with Crippen LogP contribution in [0.1, 0.15) is 40.5 Å². The van der Waals surface area contributed by atoms with Crippen LogP contribution in [-0.2, 0) is 12.4 Å². The number of hydrogen-bond acceptors (Lipinski definition) is 5. The van der Waals surface area contributed by atoms with Gasteiger partial charge in [0.15, 0.2) is 0 Å². The van der Waals surface area contributed by atoms with E-state index in [0.29, 0.717) is 5.92 Å². The second kappa shape index (κ2) is 3.81. The van der Waals surface area contributed by atoms with Crippen LogP contribution in [0.15, 0.2) is 14.5 Å². The highest BCUT2D eigenvalue weighted by atomic mass is 32.1. The van der Waals surface area contributed by atoms with Crippen LogP contribution in [0.3, 0.4) is 0 Å². The summed E-state index contributed by atoms with van der Waals surface area (Å²) in [5, 5.41) is 1.58. The summed E-state index contributed by atoms with van der Waals surface area (Å²) in [6.45, 7) is 8.05. The summed E-state index contributed by atoms with van der Waals surface area (Å²) >= 11 is 4.80. The second-order valence-electron chi connectivity index (χ2n) is 5.92. The molecule has 5 nitrogen and oxygen atoms in total. The van der Waals surface area contributed by atoms with Crippen LogP contribution in [0.2, 0.25) is 0 Å². The average molecular weight is 253 g/mol. The minimum absolute atomic E-state index is 0.117. The van der Waals surface area contributed by atoms with Crippen LogP contribution in [0.25, 0.3) is 0 Å². The van der Waals surface area contributed by atoms with Crippen LogP contribution in [0.5, 0.6) is 0 Å². The molecule has 1 atom stereocenters. The topological polar surface area (TPSA) is 66.3 Å². The van der Waals surface area contributed by atoms with Gasteiger partial charge in [-0.15, -0.1) is 0 Å². The number of aliphatic imine (C=N–C) groups is 2. The molecular formula is C11H19N5S. The molecular weight excluding hydrogens is 234 g/mol. The van der Waals surface area contributed by atoms with Crippen molar-refractivity contribution < 1.29 is 0 Å². The quantitative estimate of drug-likeness (QED) is 0.816. The number of hydrogen-bond donors (Lipinski definition) is 1. The van der Waals surface area contributed by atoms with Gasteiger partial charge in [0.25, 0.3) is 0 Å². The van der Waals surface area contributed by atoms with Crippen molar-refractivity contribution in [3.63, 3.8) is 0 Å². The molecule has 0 radical (unpaired) electrons. The Morgan fingerprint density at radius 1 is 1.47 bits per heavy atom. The van der Waals surface area contributed by atoms with E-state index >= 15 is 0 Å². The highest BCUT2D eigenvalue weighted by Crippen LogP contribution is 2.37. The largest absolute Gasteiger partial charge is 0.288 e. The van der Waals surface area contributed by atoms with Gasteiger partial charge in [0.2, 0.25) is 5.79 Å². The van der Waals surface area contributed by atoms with Gasteiger partial charge in [-0.3, -0.25) is 5.73 Å². The maximum Gasteiger partial charge on any atom is 0.205 e. The van der Waals surface area contributed by atoms with Crippen molar-refractivity contribution in [2.45, 2.75) is 46.3 Å². The smallest absolute Gasteiger partial charge is 0.205 e. The summed E-state index contributed by atoms with van der Waals surface area (Å²) in [6.07, 6.45) is 2.27. The lowest BCUT2D eigenvalue weighted by molar-refractivity contribution is 0.209. The van der Waals surface area contributed by atoms with E-state index in [4.69, 9.17) is 18.2 Å². The molecule has 1 fully saturated rings. The number of nitrogens with zero attached hydrogens (tertiary/aromatic N) is 4. The second-order valence-corrected chi connectivity index (χ2v) is 6.08. The van der Waals surface area contributed by atoms with Gasteiger partial charge < -0.3 is 0 Å². The van der Waals surface area contributed by atoms with E-state index in [0.717, 1.165) is 24.5 Å². The van der Waals surface area contributed by atoms with Crippen molar-refractivity contribution in [1.82, 2.24) is 5.01 Å². The van der Waals surface area contributed by atoms with E-state index in [2.05, 4.69) is 35.2 Å². The maximum absolute atomic E-state index is 6.17. The Labute approximate surface area is 107 Å². The van der Waals surface area contributed by atoms with Crippen molar-refractivity contribution >= 4 is 24.1 Å². The first-order valence-electron chi connectivity index (χ1n) is 5.87. The Hall–Kier alpha value is -0.880. The molecule has 1 unspecified atom stereocenters. The molecule has 0 aromatic rings. The van der Waals surface area contributed by atoms with Gasteiger partial charge in [0.05, 0.1) is 12.4 Å². The van der Waals surface area contributed by atoms with Crippen LogP contribution >= 0.6 is 0 Å². The standard InChI is InChI=1S/C11H19N5S/c1-10(2,3)9-13-8(7-5-6-7)16(15-17)11(4,12)14-9/h7H,5-6,12H2,1-4H3. The zero-order valence-corrected chi connectivity index (χ0v) is 11.6. The first kappa shape index (κ1) is 12.6. The van der Waals surface area contributed by atoms with Gasteiger partial charge >= 0.3 is 0 Å². The predicted octanol–water partition coefficient (Wildman–Crippen LogP) is 1.83. The minimum atomic E-state index is -0.913. The zero-order chi connectivity index (χ0) is 12.8. The zero-order valence-electron chi connectivity index (χ0n) is 10.8. The van der Waals surface area contributed by atoms with Gasteiger partial charge in [-0.05, 0) is 19.8 Å². The molecule has 2 N–H and O–H groups in total. The van der Waals surface area contributed by atoms with E-state index in [9.17, 15) is 0 Å². The van der Waals surface area contributed by atoms with Gasteiger partial charge in [0.1, 0.15) is 11.7 Å². The fraction of sp³-hybridized carbons (Fsp3) is 0.818. The van der Waals surface area contributed by atoms with Crippen molar-refractivity contribution in [1.29, 1.82) is 0 Å². The molecule has 0 amide bonds. The van der Waals surface area contributed by atoms with Gasteiger partial charge in [-0.1, -0.05) is 25.2 Å². The molecule has 0 spiro atoms. The summed E-state index contributed by atoms with van der Waals surface area (Å²) in [4.78, 5) is 9.09. The number of nitrogens with two attached hydrogens (primary N) is 1. The predicted molar refractivity (Wildman–Crippen MR) is 71.3 cm³/mol. The molecule has 2 rings (SSSR count). The Balaban J connectivity index is 2.44. The number of amidine groups is 2. The maximum atomic E-state index is 6.17. The normalized spacial score (nSPS) is 29.8. The van der Waals surface area contributed by atoms with E-state index in [-0.39, 0.29) is 5.41 Å². The monoisotopic (exact) mass is 253 g/mol. The summed E-state index contributed by atoms with van der Waals surface area (Å²) < 4.78 is 3.81. The molecule has 1 aliphatic heterocycles. The fourth-order valence-corrected chi connectivity index (χ4v) is 1.99. The molecule has 94 valence electrons. The molecule has 0 aromatic heterocycles. The molecule has 0 aromatic carbocycles. The third-order valence-electron chi connectivity index (χ3n) is 2.89. The third kappa shape index (κ3) is 2.37. The van der Waals surface area contributed by atoms with E-state index in [1.54, 1.807) is 5.01 Å². The van der Waals surface area contributed by atoms with Gasteiger partial charge in [-0.2, -0.15) is 5.01 Å².